The Morgan fingerprint density at radius 1 is 1.38 bits per heavy atom. The van der Waals surface area contributed by atoms with Gasteiger partial charge in [-0.05, 0) is 31.2 Å². The molecule has 3 heterocycles. The van der Waals surface area contributed by atoms with Crippen molar-refractivity contribution in [2.75, 3.05) is 31.3 Å². The van der Waals surface area contributed by atoms with E-state index in [1.54, 1.807) is 6.20 Å². The van der Waals surface area contributed by atoms with Gasteiger partial charge >= 0.3 is 0 Å². The minimum Gasteiger partial charge on any atom is -0.480 e. The molecular weight excluding hydrogens is 397 g/mol. The minimum absolute atomic E-state index is 0.0235. The van der Waals surface area contributed by atoms with Crippen molar-refractivity contribution in [3.05, 3.63) is 22.6 Å². The van der Waals surface area contributed by atoms with E-state index < -0.39 is 14.3 Å². The summed E-state index contributed by atoms with van der Waals surface area (Å²) in [6.45, 7) is 1.70. The van der Waals surface area contributed by atoms with Crippen LogP contribution < -0.4 is 20.9 Å². The van der Waals surface area contributed by atoms with Crippen LogP contribution in [0.4, 0.5) is 5.82 Å². The van der Waals surface area contributed by atoms with E-state index in [0.717, 1.165) is 38.2 Å². The Labute approximate surface area is 169 Å². The smallest absolute Gasteiger partial charge is 0.280 e. The summed E-state index contributed by atoms with van der Waals surface area (Å²) in [6.07, 6.45) is 4.75. The molecule has 2 aromatic rings. The number of fused-ring (bicyclic) bond motifs is 1. The molecule has 1 aliphatic heterocycles. The summed E-state index contributed by atoms with van der Waals surface area (Å²) in [4.78, 5) is 48.6. The lowest BCUT2D eigenvalue weighted by atomic mass is 9.94. The molecule has 0 unspecified atom stereocenters. The third kappa shape index (κ3) is 5.20. The fourth-order valence-electron chi connectivity index (χ4n) is 3.59. The van der Waals surface area contributed by atoms with Crippen molar-refractivity contribution in [3.8, 4) is 5.88 Å². The number of piperidine rings is 1. The number of methoxy groups -OCH3 is 1. The monoisotopic (exact) mass is 423 g/mol. The number of ether oxygens (including phenoxy) is 1. The maximum absolute atomic E-state index is 12.8. The molecule has 1 amide bonds. The van der Waals surface area contributed by atoms with Gasteiger partial charge in [0.15, 0.2) is 8.38 Å². The van der Waals surface area contributed by atoms with Crippen LogP contribution >= 0.6 is 8.38 Å². The second kappa shape index (κ2) is 9.47. The average molecular weight is 423 g/mol. The first-order chi connectivity index (χ1) is 13.9. The van der Waals surface area contributed by atoms with Crippen LogP contribution in [-0.4, -0.2) is 56.8 Å². The highest BCUT2D eigenvalue weighted by atomic mass is 31.2. The van der Waals surface area contributed by atoms with Gasteiger partial charge in [-0.15, -0.1) is 0 Å². The summed E-state index contributed by atoms with van der Waals surface area (Å²) >= 11 is 0. The number of anilines is 1. The number of hydrogen-bond donors (Lipinski definition) is 3. The van der Waals surface area contributed by atoms with Crippen molar-refractivity contribution in [1.29, 1.82) is 0 Å². The lowest BCUT2D eigenvalue weighted by Crippen LogP contribution is -2.34. The number of amides is 1. The highest BCUT2D eigenvalue weighted by molar-refractivity contribution is 7.45. The van der Waals surface area contributed by atoms with Gasteiger partial charge in [-0.25, -0.2) is 4.68 Å². The minimum atomic E-state index is -1.83. The molecule has 1 fully saturated rings. The molecule has 0 aromatic carbocycles. The predicted octanol–water partition coefficient (Wildman–Crippen LogP) is 0.578. The molecule has 1 aliphatic rings. The molecule has 0 bridgehead atoms. The van der Waals surface area contributed by atoms with Crippen molar-refractivity contribution in [1.82, 2.24) is 14.8 Å². The van der Waals surface area contributed by atoms with Crippen LogP contribution in [0.3, 0.4) is 0 Å². The molecule has 2 aromatic heterocycles. The first kappa shape index (κ1) is 21.4. The van der Waals surface area contributed by atoms with Gasteiger partial charge in [0.05, 0.1) is 19.9 Å². The van der Waals surface area contributed by atoms with Crippen LogP contribution in [0, 0.1) is 5.92 Å². The first-order valence-electron chi connectivity index (χ1n) is 9.52. The Balaban J connectivity index is 1.81. The van der Waals surface area contributed by atoms with Gasteiger partial charge in [0.25, 0.3) is 5.56 Å². The standard InChI is InChI=1S/C18H26N5O5P/c1-28-17-16-13(11-20-23(18(16)25)8-4-14(19)24)10-15(21-17)22-6-2-12(3-7-22)5-9-29(26)27/h10-12,26-27H,2-9H2,1H3,(H2,19,24). The van der Waals surface area contributed by atoms with Gasteiger partial charge < -0.3 is 25.2 Å². The number of aryl methyl sites for hydroxylation is 1. The largest absolute Gasteiger partial charge is 0.480 e. The molecule has 0 saturated carbocycles. The summed E-state index contributed by atoms with van der Waals surface area (Å²) in [6, 6.07) is 1.83. The summed E-state index contributed by atoms with van der Waals surface area (Å²) in [5.41, 5.74) is 4.78. The number of primary amides is 1. The van der Waals surface area contributed by atoms with Crippen LogP contribution in [0.1, 0.15) is 25.7 Å². The van der Waals surface area contributed by atoms with Gasteiger partial charge in [0.1, 0.15) is 11.2 Å². The van der Waals surface area contributed by atoms with Gasteiger partial charge in [0.2, 0.25) is 11.8 Å². The molecule has 0 radical (unpaired) electrons. The molecule has 0 aliphatic carbocycles. The van der Waals surface area contributed by atoms with E-state index in [2.05, 4.69) is 15.0 Å². The Hall–Kier alpha value is -2.29. The molecule has 0 atom stereocenters. The van der Waals surface area contributed by atoms with Crippen molar-refractivity contribution in [2.45, 2.75) is 32.2 Å². The Kier molecular flexibility index (Phi) is 7.00. The van der Waals surface area contributed by atoms with E-state index >= 15 is 0 Å². The SMILES string of the molecule is COc1nc(N2CCC(CCP(O)O)CC2)cc2cnn(CCC(N)=O)c(=O)c12. The topological polar surface area (TPSA) is 144 Å². The zero-order valence-electron chi connectivity index (χ0n) is 16.3. The van der Waals surface area contributed by atoms with Crippen molar-refractivity contribution in [3.63, 3.8) is 0 Å². The second-order valence-electron chi connectivity index (χ2n) is 7.16. The molecule has 11 heteroatoms. The van der Waals surface area contributed by atoms with Crippen LogP contribution in [0.2, 0.25) is 0 Å². The summed E-state index contributed by atoms with van der Waals surface area (Å²) < 4.78 is 6.58. The van der Waals surface area contributed by atoms with Gasteiger partial charge in [0, 0.05) is 31.1 Å². The van der Waals surface area contributed by atoms with E-state index in [1.165, 1.54) is 11.8 Å². The highest BCUT2D eigenvalue weighted by Crippen LogP contribution is 2.32. The predicted molar refractivity (Wildman–Crippen MR) is 110 cm³/mol. The number of nitrogens with zero attached hydrogens (tertiary/aromatic N) is 4. The lowest BCUT2D eigenvalue weighted by molar-refractivity contribution is -0.118. The number of pyridine rings is 1. The summed E-state index contributed by atoms with van der Waals surface area (Å²) in [5.74, 6) is 0.913. The zero-order chi connectivity index (χ0) is 21.0. The van der Waals surface area contributed by atoms with Gasteiger partial charge in [-0.3, -0.25) is 9.59 Å². The third-order valence-corrected chi connectivity index (χ3v) is 5.89. The van der Waals surface area contributed by atoms with E-state index in [4.69, 9.17) is 20.3 Å². The highest BCUT2D eigenvalue weighted by Gasteiger charge is 2.23. The quantitative estimate of drug-likeness (QED) is 0.523. The molecule has 29 heavy (non-hydrogen) atoms. The zero-order valence-corrected chi connectivity index (χ0v) is 17.2. The summed E-state index contributed by atoms with van der Waals surface area (Å²) in [7, 11) is -0.360. The van der Waals surface area contributed by atoms with E-state index in [1.807, 2.05) is 6.07 Å². The Morgan fingerprint density at radius 2 is 2.10 bits per heavy atom. The second-order valence-corrected chi connectivity index (χ2v) is 8.35. The van der Waals surface area contributed by atoms with Crippen molar-refractivity contribution < 1.29 is 19.3 Å². The number of rotatable bonds is 8. The molecule has 10 nitrogen and oxygen atoms in total. The first-order valence-corrected chi connectivity index (χ1v) is 11.0. The van der Waals surface area contributed by atoms with E-state index in [-0.39, 0.29) is 24.4 Å². The maximum atomic E-state index is 12.8. The van der Waals surface area contributed by atoms with E-state index in [0.29, 0.717) is 22.9 Å². The van der Waals surface area contributed by atoms with Crippen molar-refractivity contribution >= 4 is 30.9 Å². The van der Waals surface area contributed by atoms with Crippen LogP contribution in [0.15, 0.2) is 17.1 Å². The molecule has 4 N–H and O–H groups in total. The number of carbonyl (C=O) groups is 1. The Morgan fingerprint density at radius 3 is 2.72 bits per heavy atom. The molecule has 1 saturated heterocycles. The number of hydrogen-bond acceptors (Lipinski definition) is 8. The maximum Gasteiger partial charge on any atom is 0.280 e. The lowest BCUT2D eigenvalue weighted by Gasteiger charge is -2.33. The van der Waals surface area contributed by atoms with Crippen LogP contribution in [0.5, 0.6) is 5.88 Å². The number of aromatic nitrogens is 3. The molecule has 158 valence electrons. The molecule has 3 rings (SSSR count). The van der Waals surface area contributed by atoms with Crippen LogP contribution in [-0.2, 0) is 11.3 Å². The fourth-order valence-corrected chi connectivity index (χ4v) is 4.19. The summed E-state index contributed by atoms with van der Waals surface area (Å²) in [5, 5.41) is 5.09. The Bertz CT molecular complexity index is 927. The third-order valence-electron chi connectivity index (χ3n) is 5.23. The number of nitrogens with two attached hydrogens (primary N) is 1. The van der Waals surface area contributed by atoms with Crippen molar-refractivity contribution in [2.24, 2.45) is 11.7 Å². The van der Waals surface area contributed by atoms with E-state index in [9.17, 15) is 9.59 Å². The van der Waals surface area contributed by atoms with Gasteiger partial charge in [-0.1, -0.05) is 0 Å². The molecular formula is C18H26N5O5P. The number of carbonyl (C=O) groups excluding carboxylic acids is 1. The van der Waals surface area contributed by atoms with Crippen LogP contribution in [0.25, 0.3) is 10.8 Å². The average Bonchev–Trinajstić information content (AvgIpc) is 2.71. The molecule has 0 spiro atoms. The normalized spacial score (nSPS) is 15.2. The van der Waals surface area contributed by atoms with Gasteiger partial charge in [-0.2, -0.15) is 10.1 Å². The fraction of sp³-hybridized carbons (Fsp3) is 0.556.